The van der Waals surface area contributed by atoms with E-state index in [0.717, 1.165) is 22.7 Å². The number of carbonyl (C=O) groups excluding carboxylic acids is 2. The number of carbonyl (C=O) groups is 2. The zero-order valence-electron chi connectivity index (χ0n) is 16.2. The average Bonchev–Trinajstić information content (AvgIpc) is 2.98. The maximum Gasteiger partial charge on any atom is 0.400 e. The van der Waals surface area contributed by atoms with Crippen LogP contribution in [0.15, 0.2) is 5.38 Å². The highest BCUT2D eigenvalue weighted by atomic mass is 32.1. The van der Waals surface area contributed by atoms with Gasteiger partial charge in [0.15, 0.2) is 5.13 Å². The number of hydrogen-bond acceptors (Lipinski definition) is 6. The van der Waals surface area contributed by atoms with Crippen LogP contribution in [0, 0.1) is 12.8 Å². The number of amides is 3. The van der Waals surface area contributed by atoms with Gasteiger partial charge in [0.25, 0.3) is 0 Å². The molecule has 0 bridgehead atoms. The summed E-state index contributed by atoms with van der Waals surface area (Å²) >= 11 is 2.14. The molecular formula is C18H20F3N5O2S2. The molecule has 0 spiro atoms. The van der Waals surface area contributed by atoms with Crippen molar-refractivity contribution < 1.29 is 22.8 Å². The van der Waals surface area contributed by atoms with Crippen LogP contribution in [0.25, 0.3) is 10.6 Å². The first-order chi connectivity index (χ1) is 14.0. The van der Waals surface area contributed by atoms with Gasteiger partial charge in [0.05, 0.1) is 16.3 Å². The third kappa shape index (κ3) is 3.45. The number of likely N-dealkylation sites (tertiary alicyclic amines) is 1. The minimum absolute atomic E-state index is 0.0290. The molecule has 12 heteroatoms. The second-order valence-corrected chi connectivity index (χ2v) is 9.65. The van der Waals surface area contributed by atoms with E-state index in [1.165, 1.54) is 4.90 Å². The van der Waals surface area contributed by atoms with Crippen LogP contribution < -0.4 is 11.1 Å². The van der Waals surface area contributed by atoms with E-state index in [4.69, 9.17) is 5.73 Å². The number of primary amides is 1. The molecule has 3 N–H and O–H groups in total. The number of alkyl halides is 3. The van der Waals surface area contributed by atoms with Gasteiger partial charge in [-0.05, 0) is 32.1 Å². The number of nitrogens with one attached hydrogen (secondary N) is 1. The normalized spacial score (nSPS) is 22.9. The standard InChI is InChI=1S/C18H20F3N5O2S2/c1-8-3-6-26(11(8)13(22)27)16(28)25-15-23-9(2)12(30-15)10-7-29-14(24-10)17(4-5-17)18(19,20)21/h7-8,11H,3-6H2,1-2H3,(H2,22,27)(H,23,25,28)/t8-,11+/m1/s1. The van der Waals surface area contributed by atoms with Gasteiger partial charge in [-0.3, -0.25) is 10.1 Å². The van der Waals surface area contributed by atoms with Gasteiger partial charge in [-0.15, -0.1) is 11.3 Å². The number of rotatable bonds is 4. The van der Waals surface area contributed by atoms with Gasteiger partial charge in [-0.2, -0.15) is 13.2 Å². The fourth-order valence-corrected chi connectivity index (χ4v) is 5.88. The number of aryl methyl sites for hydroxylation is 1. The van der Waals surface area contributed by atoms with Crippen molar-refractivity contribution in [2.45, 2.75) is 50.7 Å². The Morgan fingerprint density at radius 3 is 2.63 bits per heavy atom. The SMILES string of the molecule is Cc1nc(NC(=O)N2CC[C@@H](C)[C@H]2C(N)=O)sc1-c1csc(C2(C(F)(F)F)CC2)n1. The van der Waals surface area contributed by atoms with E-state index in [2.05, 4.69) is 15.3 Å². The molecule has 30 heavy (non-hydrogen) atoms. The van der Waals surface area contributed by atoms with Gasteiger partial charge in [0.1, 0.15) is 16.5 Å². The fourth-order valence-electron chi connectivity index (χ4n) is 3.80. The zero-order valence-corrected chi connectivity index (χ0v) is 17.9. The Balaban J connectivity index is 1.52. The Morgan fingerprint density at radius 1 is 1.33 bits per heavy atom. The summed E-state index contributed by atoms with van der Waals surface area (Å²) in [6.07, 6.45) is -3.52. The Morgan fingerprint density at radius 2 is 2.03 bits per heavy atom. The summed E-state index contributed by atoms with van der Waals surface area (Å²) < 4.78 is 40.1. The number of anilines is 1. The van der Waals surface area contributed by atoms with E-state index in [0.29, 0.717) is 34.4 Å². The second-order valence-electron chi connectivity index (χ2n) is 7.79. The first-order valence-corrected chi connectivity index (χ1v) is 11.1. The number of aromatic nitrogens is 2. The summed E-state index contributed by atoms with van der Waals surface area (Å²) in [5.74, 6) is -0.585. The van der Waals surface area contributed by atoms with Crippen LogP contribution in [0.2, 0.25) is 0 Å². The molecule has 162 valence electrons. The molecule has 2 fully saturated rings. The monoisotopic (exact) mass is 459 g/mol. The van der Waals surface area contributed by atoms with Gasteiger partial charge >= 0.3 is 12.2 Å². The maximum atomic E-state index is 13.4. The van der Waals surface area contributed by atoms with Crippen molar-refractivity contribution in [1.82, 2.24) is 14.9 Å². The molecule has 1 saturated heterocycles. The minimum Gasteiger partial charge on any atom is -0.368 e. The predicted molar refractivity (Wildman–Crippen MR) is 107 cm³/mol. The highest BCUT2D eigenvalue weighted by Gasteiger charge is 2.66. The van der Waals surface area contributed by atoms with Gasteiger partial charge in [-0.25, -0.2) is 14.8 Å². The molecule has 2 aliphatic rings. The van der Waals surface area contributed by atoms with Gasteiger partial charge in [-0.1, -0.05) is 18.3 Å². The molecule has 2 aromatic rings. The molecule has 3 amide bonds. The van der Waals surface area contributed by atoms with E-state index in [-0.39, 0.29) is 23.8 Å². The predicted octanol–water partition coefficient (Wildman–Crippen LogP) is 3.90. The maximum absolute atomic E-state index is 13.4. The number of thiazole rings is 2. The highest BCUT2D eigenvalue weighted by Crippen LogP contribution is 2.59. The fraction of sp³-hybridized carbons (Fsp3) is 0.556. The third-order valence-corrected chi connectivity index (χ3v) is 7.84. The van der Waals surface area contributed by atoms with Crippen LogP contribution in [-0.4, -0.2) is 45.6 Å². The molecule has 0 unspecified atom stereocenters. The van der Waals surface area contributed by atoms with Crippen molar-refractivity contribution >= 4 is 39.7 Å². The van der Waals surface area contributed by atoms with Crippen molar-refractivity contribution in [3.8, 4) is 10.6 Å². The molecule has 2 atom stereocenters. The van der Waals surface area contributed by atoms with Crippen LogP contribution in [0.3, 0.4) is 0 Å². The van der Waals surface area contributed by atoms with Crippen LogP contribution >= 0.6 is 22.7 Å². The van der Waals surface area contributed by atoms with Crippen molar-refractivity contribution in [3.05, 3.63) is 16.1 Å². The van der Waals surface area contributed by atoms with E-state index in [9.17, 15) is 22.8 Å². The number of nitrogens with two attached hydrogens (primary N) is 1. The number of halogens is 3. The largest absolute Gasteiger partial charge is 0.400 e. The van der Waals surface area contributed by atoms with E-state index >= 15 is 0 Å². The molecule has 0 radical (unpaired) electrons. The average molecular weight is 460 g/mol. The Hall–Kier alpha value is -2.21. The Labute approximate surface area is 178 Å². The lowest BCUT2D eigenvalue weighted by molar-refractivity contribution is -0.160. The lowest BCUT2D eigenvalue weighted by Crippen LogP contribution is -2.47. The number of hydrogen-bond donors (Lipinski definition) is 2. The van der Waals surface area contributed by atoms with Crippen molar-refractivity contribution in [2.24, 2.45) is 11.7 Å². The van der Waals surface area contributed by atoms with Gasteiger partial charge in [0.2, 0.25) is 5.91 Å². The van der Waals surface area contributed by atoms with Crippen molar-refractivity contribution in [1.29, 1.82) is 0 Å². The van der Waals surface area contributed by atoms with Crippen LogP contribution in [-0.2, 0) is 10.2 Å². The summed E-state index contributed by atoms with van der Waals surface area (Å²) in [5.41, 5.74) is 4.59. The smallest absolute Gasteiger partial charge is 0.368 e. The van der Waals surface area contributed by atoms with Crippen LogP contribution in [0.5, 0.6) is 0 Å². The zero-order chi connectivity index (χ0) is 21.8. The summed E-state index contributed by atoms with van der Waals surface area (Å²) in [5, 5.41) is 4.63. The van der Waals surface area contributed by atoms with Gasteiger partial charge in [0, 0.05) is 11.9 Å². The van der Waals surface area contributed by atoms with Crippen molar-refractivity contribution in [2.75, 3.05) is 11.9 Å². The summed E-state index contributed by atoms with van der Waals surface area (Å²) in [6.45, 7) is 3.98. The lowest BCUT2D eigenvalue weighted by atomic mass is 10.0. The first kappa shape index (κ1) is 21.0. The minimum atomic E-state index is -4.31. The van der Waals surface area contributed by atoms with E-state index in [1.54, 1.807) is 12.3 Å². The molecule has 1 aliphatic carbocycles. The van der Waals surface area contributed by atoms with Crippen molar-refractivity contribution in [3.63, 3.8) is 0 Å². The topological polar surface area (TPSA) is 101 Å². The number of nitrogens with zero attached hydrogens (tertiary/aromatic N) is 3. The van der Waals surface area contributed by atoms with E-state index < -0.39 is 29.6 Å². The van der Waals surface area contributed by atoms with Crippen LogP contribution in [0.1, 0.15) is 36.9 Å². The summed E-state index contributed by atoms with van der Waals surface area (Å²) in [6, 6.07) is -1.15. The molecule has 2 aromatic heterocycles. The molecular weight excluding hydrogens is 439 g/mol. The first-order valence-electron chi connectivity index (χ1n) is 9.41. The number of urea groups is 1. The van der Waals surface area contributed by atoms with E-state index in [1.807, 2.05) is 6.92 Å². The summed E-state index contributed by atoms with van der Waals surface area (Å²) in [7, 11) is 0. The lowest BCUT2D eigenvalue weighted by Gasteiger charge is -2.23. The molecule has 1 aliphatic heterocycles. The molecule has 7 nitrogen and oxygen atoms in total. The third-order valence-electron chi connectivity index (χ3n) is 5.70. The Kier molecular flexibility index (Phi) is 5.04. The second kappa shape index (κ2) is 7.19. The highest BCUT2D eigenvalue weighted by molar-refractivity contribution is 7.19. The molecule has 0 aromatic carbocycles. The van der Waals surface area contributed by atoms with Crippen LogP contribution in [0.4, 0.5) is 23.1 Å². The molecule has 3 heterocycles. The molecule has 1 saturated carbocycles. The quantitative estimate of drug-likeness (QED) is 0.724. The Bertz CT molecular complexity index is 998. The molecule has 4 rings (SSSR count). The summed E-state index contributed by atoms with van der Waals surface area (Å²) in [4.78, 5) is 34.9. The van der Waals surface area contributed by atoms with Gasteiger partial charge < -0.3 is 10.6 Å².